The Morgan fingerprint density at radius 1 is 0.806 bits per heavy atom. The smallest absolute Gasteiger partial charge is 0.343 e. The minimum Gasteiger partial charge on any atom is -0.493 e. The molecule has 0 bridgehead atoms. The predicted molar refractivity (Wildman–Crippen MR) is 129 cm³/mol. The average molecular weight is 484 g/mol. The van der Waals surface area contributed by atoms with Crippen molar-refractivity contribution in [2.75, 3.05) is 21.0 Å². The van der Waals surface area contributed by atoms with Crippen molar-refractivity contribution >= 4 is 22.7 Å². The predicted octanol–water partition coefficient (Wildman–Crippen LogP) is 5.14. The number of benzene rings is 4. The van der Waals surface area contributed by atoms with E-state index in [2.05, 4.69) is 0 Å². The van der Waals surface area contributed by atoms with Gasteiger partial charge in [-0.25, -0.2) is 9.59 Å². The van der Waals surface area contributed by atoms with Crippen molar-refractivity contribution in [3.8, 4) is 39.9 Å². The number of ether oxygens (including phenoxy) is 6. The maximum atomic E-state index is 13.1. The van der Waals surface area contributed by atoms with E-state index in [0.717, 1.165) is 0 Å². The van der Waals surface area contributed by atoms with E-state index in [-0.39, 0.29) is 19.1 Å². The fraction of sp³-hybridized carbons (Fsp3) is 0.143. The second kappa shape index (κ2) is 8.49. The summed E-state index contributed by atoms with van der Waals surface area (Å²) in [5.74, 6) is 1.28. The Labute approximate surface area is 205 Å². The van der Waals surface area contributed by atoms with Crippen LogP contribution in [-0.4, -0.2) is 33.0 Å². The maximum Gasteiger partial charge on any atom is 0.343 e. The molecule has 0 saturated heterocycles. The molecule has 0 saturated carbocycles. The minimum atomic E-state index is -0.552. The molecule has 2 aliphatic rings. The first-order chi connectivity index (χ1) is 17.6. The van der Waals surface area contributed by atoms with Crippen molar-refractivity contribution in [3.05, 3.63) is 77.4 Å². The summed E-state index contributed by atoms with van der Waals surface area (Å²) in [5, 5.41) is 1.20. The summed E-state index contributed by atoms with van der Waals surface area (Å²) in [4.78, 5) is 26.1. The third-order valence-corrected chi connectivity index (χ3v) is 6.28. The quantitative estimate of drug-likeness (QED) is 0.284. The molecule has 0 spiro atoms. The molecule has 0 atom stereocenters. The van der Waals surface area contributed by atoms with Gasteiger partial charge in [-0.15, -0.1) is 0 Å². The third kappa shape index (κ3) is 3.38. The molecule has 0 fully saturated rings. The molecular formula is C28H20O8. The van der Waals surface area contributed by atoms with Gasteiger partial charge in [0.2, 0.25) is 6.79 Å². The molecule has 2 heterocycles. The van der Waals surface area contributed by atoms with Gasteiger partial charge in [0.05, 0.1) is 25.3 Å². The van der Waals surface area contributed by atoms with Crippen LogP contribution >= 0.6 is 0 Å². The van der Waals surface area contributed by atoms with E-state index in [4.69, 9.17) is 28.4 Å². The Bertz CT molecular complexity index is 1540. The Hall–Kier alpha value is -4.72. The van der Waals surface area contributed by atoms with E-state index in [1.54, 1.807) is 42.5 Å². The molecule has 4 aromatic carbocycles. The van der Waals surface area contributed by atoms with Crippen molar-refractivity contribution in [2.45, 2.75) is 6.61 Å². The fourth-order valence-electron chi connectivity index (χ4n) is 4.60. The molecular weight excluding hydrogens is 464 g/mol. The largest absolute Gasteiger partial charge is 0.493 e. The molecule has 0 unspecified atom stereocenters. The van der Waals surface area contributed by atoms with Crippen molar-refractivity contribution < 1.29 is 38.0 Å². The zero-order valence-corrected chi connectivity index (χ0v) is 19.5. The lowest BCUT2D eigenvalue weighted by Gasteiger charge is -2.18. The van der Waals surface area contributed by atoms with E-state index in [1.807, 2.05) is 18.2 Å². The van der Waals surface area contributed by atoms with Gasteiger partial charge in [0, 0.05) is 16.5 Å². The monoisotopic (exact) mass is 484 g/mol. The van der Waals surface area contributed by atoms with Crippen LogP contribution in [-0.2, 0) is 11.3 Å². The van der Waals surface area contributed by atoms with Gasteiger partial charge in [-0.2, -0.15) is 0 Å². The van der Waals surface area contributed by atoms with E-state index in [0.29, 0.717) is 61.6 Å². The Kier molecular flexibility index (Phi) is 5.14. The molecule has 4 aromatic rings. The summed E-state index contributed by atoms with van der Waals surface area (Å²) in [6.45, 7) is 0.0898. The lowest BCUT2D eigenvalue weighted by molar-refractivity contribution is 0.0534. The van der Waals surface area contributed by atoms with E-state index in [1.165, 1.54) is 14.2 Å². The first kappa shape index (κ1) is 21.8. The van der Waals surface area contributed by atoms with Gasteiger partial charge in [0.15, 0.2) is 23.0 Å². The third-order valence-electron chi connectivity index (χ3n) is 6.28. The van der Waals surface area contributed by atoms with Crippen LogP contribution in [0.15, 0.2) is 60.7 Å². The zero-order valence-electron chi connectivity index (χ0n) is 19.5. The topological polar surface area (TPSA) is 89.5 Å². The van der Waals surface area contributed by atoms with Gasteiger partial charge in [-0.1, -0.05) is 24.3 Å². The molecule has 8 heteroatoms. The van der Waals surface area contributed by atoms with E-state index < -0.39 is 11.9 Å². The van der Waals surface area contributed by atoms with Crippen molar-refractivity contribution in [2.24, 2.45) is 0 Å². The lowest BCUT2D eigenvalue weighted by Crippen LogP contribution is -2.11. The van der Waals surface area contributed by atoms with Gasteiger partial charge >= 0.3 is 11.9 Å². The molecule has 6 rings (SSSR count). The number of methoxy groups -OCH3 is 2. The number of hydrogen-bond donors (Lipinski definition) is 0. The SMILES string of the molecule is COc1cc2c(OC(=O)c3ccccc3)c3c(c(-c4ccc5c(c4)OCO5)c2cc1OC)C(=O)OC3. The zero-order chi connectivity index (χ0) is 24.8. The second-order valence-corrected chi connectivity index (χ2v) is 8.21. The molecule has 2 aliphatic heterocycles. The Morgan fingerprint density at radius 3 is 2.28 bits per heavy atom. The second-order valence-electron chi connectivity index (χ2n) is 8.21. The number of carbonyl (C=O) groups is 2. The van der Waals surface area contributed by atoms with Crippen LogP contribution in [0.3, 0.4) is 0 Å². The van der Waals surface area contributed by atoms with Crippen molar-refractivity contribution in [1.29, 1.82) is 0 Å². The number of fused-ring (bicyclic) bond motifs is 3. The summed E-state index contributed by atoms with van der Waals surface area (Å²) in [5.41, 5.74) is 2.51. The normalized spacial score (nSPS) is 13.3. The van der Waals surface area contributed by atoms with Crippen LogP contribution in [0.25, 0.3) is 21.9 Å². The highest BCUT2D eigenvalue weighted by molar-refractivity contribution is 6.14. The number of carbonyl (C=O) groups excluding carboxylic acids is 2. The average Bonchev–Trinajstić information content (AvgIpc) is 3.54. The molecule has 0 N–H and O–H groups in total. The highest BCUT2D eigenvalue weighted by atomic mass is 16.7. The highest BCUT2D eigenvalue weighted by Crippen LogP contribution is 2.49. The van der Waals surface area contributed by atoms with Crippen LogP contribution in [0.4, 0.5) is 0 Å². The van der Waals surface area contributed by atoms with E-state index in [9.17, 15) is 9.59 Å². The van der Waals surface area contributed by atoms with Crippen LogP contribution in [0.5, 0.6) is 28.7 Å². The van der Waals surface area contributed by atoms with Crippen LogP contribution < -0.4 is 23.7 Å². The van der Waals surface area contributed by atoms with Gasteiger partial charge in [-0.05, 0) is 47.3 Å². The van der Waals surface area contributed by atoms with Crippen molar-refractivity contribution in [3.63, 3.8) is 0 Å². The maximum absolute atomic E-state index is 13.1. The van der Waals surface area contributed by atoms with Crippen LogP contribution in [0.1, 0.15) is 26.3 Å². The van der Waals surface area contributed by atoms with Crippen molar-refractivity contribution in [1.82, 2.24) is 0 Å². The molecule has 8 nitrogen and oxygen atoms in total. The number of hydrogen-bond acceptors (Lipinski definition) is 8. The summed E-state index contributed by atoms with van der Waals surface area (Å²) < 4.78 is 33.5. The summed E-state index contributed by atoms with van der Waals surface area (Å²) in [6.07, 6.45) is 0. The molecule has 0 aromatic heterocycles. The fourth-order valence-corrected chi connectivity index (χ4v) is 4.60. The molecule has 36 heavy (non-hydrogen) atoms. The lowest BCUT2D eigenvalue weighted by atomic mass is 9.89. The van der Waals surface area contributed by atoms with Gasteiger partial charge in [0.1, 0.15) is 12.4 Å². The first-order valence-electron chi connectivity index (χ1n) is 11.2. The number of cyclic esters (lactones) is 1. The molecule has 180 valence electrons. The van der Waals surface area contributed by atoms with Gasteiger partial charge in [-0.3, -0.25) is 0 Å². The summed E-state index contributed by atoms with van der Waals surface area (Å²) in [6, 6.07) is 17.6. The summed E-state index contributed by atoms with van der Waals surface area (Å²) in [7, 11) is 3.06. The van der Waals surface area contributed by atoms with E-state index >= 15 is 0 Å². The number of rotatable bonds is 5. The van der Waals surface area contributed by atoms with Crippen LogP contribution in [0.2, 0.25) is 0 Å². The van der Waals surface area contributed by atoms with Gasteiger partial charge < -0.3 is 28.4 Å². The van der Waals surface area contributed by atoms with Crippen LogP contribution in [0, 0.1) is 0 Å². The Balaban J connectivity index is 1.65. The number of esters is 2. The molecule has 0 radical (unpaired) electrons. The molecule has 0 amide bonds. The first-order valence-corrected chi connectivity index (χ1v) is 11.2. The minimum absolute atomic E-state index is 0.0343. The standard InChI is InChI=1S/C28H20O8/c1-31-21-11-17-18(12-22(21)32-2)26(36-27(29)15-6-4-3-5-7-15)19-13-33-28(30)25(19)24(17)16-8-9-20-23(10-16)35-14-34-20/h3-12H,13-14H2,1-2H3. The molecule has 0 aliphatic carbocycles. The Morgan fingerprint density at radius 2 is 1.53 bits per heavy atom. The van der Waals surface area contributed by atoms with Gasteiger partial charge in [0.25, 0.3) is 0 Å². The summed E-state index contributed by atoms with van der Waals surface area (Å²) >= 11 is 0. The highest BCUT2D eigenvalue weighted by Gasteiger charge is 2.34.